The van der Waals surface area contributed by atoms with E-state index in [1.807, 2.05) is 0 Å². The number of benzene rings is 1. The van der Waals surface area contributed by atoms with Crippen LogP contribution in [0.5, 0.6) is 0 Å². The molecule has 0 aromatic heterocycles. The molecule has 72 valence electrons. The molecule has 0 spiro atoms. The number of hydrogen-bond acceptors (Lipinski definition) is 4. The van der Waals surface area contributed by atoms with Gasteiger partial charge in [0.1, 0.15) is 10.1 Å². The number of nitrogen functional groups attached to an aromatic ring is 1. The summed E-state index contributed by atoms with van der Waals surface area (Å²) in [6, 6.07) is 3.01. The van der Waals surface area contributed by atoms with Crippen LogP contribution in [0.3, 0.4) is 0 Å². The minimum absolute atomic E-state index is 0. The van der Waals surface area contributed by atoms with Crippen molar-refractivity contribution in [1.82, 2.24) is 0 Å². The minimum atomic E-state index is -4.45. The van der Waals surface area contributed by atoms with Crippen molar-refractivity contribution in [2.75, 3.05) is 5.73 Å². The normalized spacial score (nSPS) is 10.8. The van der Waals surface area contributed by atoms with Crippen LogP contribution in [0, 0.1) is 13.8 Å². The quantitative estimate of drug-likeness (QED) is 0.342. The monoisotopic (exact) mass is 239 g/mol. The second-order valence-corrected chi connectivity index (χ2v) is 4.30. The van der Waals surface area contributed by atoms with Crippen LogP contribution in [0.2, 0.25) is 0 Å². The molecular formula is C8H10KNO3S. The van der Waals surface area contributed by atoms with Crippen LogP contribution in [0.1, 0.15) is 11.1 Å². The van der Waals surface area contributed by atoms with Gasteiger partial charge in [0.15, 0.2) is 0 Å². The molecule has 0 fully saturated rings. The van der Waals surface area contributed by atoms with Crippen molar-refractivity contribution in [2.45, 2.75) is 18.7 Å². The maximum atomic E-state index is 10.7. The van der Waals surface area contributed by atoms with Crippen LogP contribution in [0.15, 0.2) is 17.0 Å². The van der Waals surface area contributed by atoms with Crippen molar-refractivity contribution < 1.29 is 64.4 Å². The topological polar surface area (TPSA) is 83.2 Å². The predicted molar refractivity (Wildman–Crippen MR) is 48.3 cm³/mol. The third-order valence-corrected chi connectivity index (χ3v) is 2.64. The predicted octanol–water partition coefficient (Wildman–Crippen LogP) is -2.21. The molecule has 0 heterocycles. The van der Waals surface area contributed by atoms with E-state index >= 15 is 0 Å². The number of aryl methyl sites for hydroxylation is 2. The zero-order chi connectivity index (χ0) is 10.2. The average molecular weight is 239 g/mol. The third-order valence-electron chi connectivity index (χ3n) is 1.76. The third kappa shape index (κ3) is 3.30. The summed E-state index contributed by atoms with van der Waals surface area (Å²) in [5.74, 6) is 0. The molecule has 4 nitrogen and oxygen atoms in total. The van der Waals surface area contributed by atoms with Gasteiger partial charge in [0, 0.05) is 0 Å². The molecule has 0 aliphatic carbocycles. The van der Waals surface area contributed by atoms with Gasteiger partial charge < -0.3 is 10.3 Å². The number of anilines is 1. The van der Waals surface area contributed by atoms with Gasteiger partial charge in [0.05, 0.1) is 10.6 Å². The van der Waals surface area contributed by atoms with E-state index in [2.05, 4.69) is 0 Å². The van der Waals surface area contributed by atoms with Crippen molar-refractivity contribution in [3.8, 4) is 0 Å². The summed E-state index contributed by atoms with van der Waals surface area (Å²) >= 11 is 0. The fourth-order valence-electron chi connectivity index (χ4n) is 1.15. The van der Waals surface area contributed by atoms with E-state index in [4.69, 9.17) is 5.73 Å². The van der Waals surface area contributed by atoms with Gasteiger partial charge in [0.25, 0.3) is 0 Å². The summed E-state index contributed by atoms with van der Waals surface area (Å²) in [5, 5.41) is 0. The van der Waals surface area contributed by atoms with E-state index in [9.17, 15) is 13.0 Å². The molecule has 6 heteroatoms. The largest absolute Gasteiger partial charge is 1.00 e. The number of hydrogen-bond donors (Lipinski definition) is 1. The van der Waals surface area contributed by atoms with Crippen molar-refractivity contribution in [1.29, 1.82) is 0 Å². The Morgan fingerprint density at radius 2 is 1.79 bits per heavy atom. The van der Waals surface area contributed by atoms with Crippen molar-refractivity contribution in [3.05, 3.63) is 23.3 Å². The Labute approximate surface area is 126 Å². The standard InChI is InChI=1S/C8H11NO3S.K/c1-5-3-6(2)8(9)7(4-5)13(10,11)12;/h3-4H,9H2,1-2H3,(H,10,11,12);/q;+1/p-1. The van der Waals surface area contributed by atoms with Crippen LogP contribution >= 0.6 is 0 Å². The fraction of sp³-hybridized carbons (Fsp3) is 0.250. The SMILES string of the molecule is Cc1cc(C)c(N)c(S(=O)(=O)[O-])c1.[K+]. The molecular weight excluding hydrogens is 229 g/mol. The molecule has 14 heavy (non-hydrogen) atoms. The smallest absolute Gasteiger partial charge is 0.744 e. The van der Waals surface area contributed by atoms with Gasteiger partial charge in [-0.2, -0.15) is 0 Å². The summed E-state index contributed by atoms with van der Waals surface area (Å²) in [6.45, 7) is 3.37. The first-order valence-electron chi connectivity index (χ1n) is 3.65. The molecule has 0 unspecified atom stereocenters. The summed E-state index contributed by atoms with van der Waals surface area (Å²) < 4.78 is 32.2. The van der Waals surface area contributed by atoms with Crippen LogP contribution in [0.25, 0.3) is 0 Å². The van der Waals surface area contributed by atoms with Crippen LogP contribution in [-0.4, -0.2) is 13.0 Å². The first-order valence-corrected chi connectivity index (χ1v) is 5.06. The zero-order valence-electron chi connectivity index (χ0n) is 8.37. The van der Waals surface area contributed by atoms with Gasteiger partial charge in [-0.1, -0.05) is 6.07 Å². The second kappa shape index (κ2) is 5.06. The molecule has 1 aromatic carbocycles. The summed E-state index contributed by atoms with van der Waals surface area (Å²) in [4.78, 5) is -0.329. The van der Waals surface area contributed by atoms with E-state index in [0.717, 1.165) is 0 Å². The summed E-state index contributed by atoms with van der Waals surface area (Å²) in [7, 11) is -4.45. The van der Waals surface area contributed by atoms with Crippen LogP contribution in [-0.2, 0) is 10.1 Å². The molecule has 0 saturated carbocycles. The van der Waals surface area contributed by atoms with Crippen LogP contribution < -0.4 is 57.1 Å². The van der Waals surface area contributed by atoms with Gasteiger partial charge in [-0.15, -0.1) is 0 Å². The molecule has 2 N–H and O–H groups in total. The van der Waals surface area contributed by atoms with E-state index in [-0.39, 0.29) is 62.0 Å². The Morgan fingerprint density at radius 1 is 1.29 bits per heavy atom. The molecule has 1 aromatic rings. The molecule has 1 rings (SSSR count). The minimum Gasteiger partial charge on any atom is -0.744 e. The summed E-state index contributed by atoms with van der Waals surface area (Å²) in [6.07, 6.45) is 0. The van der Waals surface area contributed by atoms with Gasteiger partial charge >= 0.3 is 51.4 Å². The first kappa shape index (κ1) is 14.6. The van der Waals surface area contributed by atoms with Gasteiger partial charge in [-0.25, -0.2) is 8.42 Å². The van der Waals surface area contributed by atoms with Crippen molar-refractivity contribution in [2.24, 2.45) is 0 Å². The van der Waals surface area contributed by atoms with E-state index < -0.39 is 10.1 Å². The van der Waals surface area contributed by atoms with E-state index in [1.54, 1.807) is 19.9 Å². The molecule has 0 saturated heterocycles. The Morgan fingerprint density at radius 3 is 2.21 bits per heavy atom. The number of nitrogens with two attached hydrogens (primary N) is 1. The first-order chi connectivity index (χ1) is 5.82. The summed E-state index contributed by atoms with van der Waals surface area (Å²) in [5.41, 5.74) is 6.82. The fourth-order valence-corrected chi connectivity index (χ4v) is 1.91. The maximum Gasteiger partial charge on any atom is 1.00 e. The van der Waals surface area contributed by atoms with Crippen molar-refractivity contribution >= 4 is 15.8 Å². The molecule has 0 aliphatic heterocycles. The van der Waals surface area contributed by atoms with Gasteiger partial charge in [-0.05, 0) is 31.0 Å². The van der Waals surface area contributed by atoms with Crippen LogP contribution in [0.4, 0.5) is 5.69 Å². The van der Waals surface area contributed by atoms with Gasteiger partial charge in [0.2, 0.25) is 0 Å². The molecule has 0 aliphatic rings. The Bertz CT molecular complexity index is 442. The molecule has 0 bridgehead atoms. The van der Waals surface area contributed by atoms with E-state index in [0.29, 0.717) is 11.1 Å². The molecule has 0 amide bonds. The zero-order valence-corrected chi connectivity index (χ0v) is 12.3. The van der Waals surface area contributed by atoms with E-state index in [1.165, 1.54) is 6.07 Å². The Balaban J connectivity index is 0.00000169. The van der Waals surface area contributed by atoms with Gasteiger partial charge in [-0.3, -0.25) is 0 Å². The van der Waals surface area contributed by atoms with Crippen molar-refractivity contribution in [3.63, 3.8) is 0 Å². The Kier molecular flexibility index (Phi) is 5.27. The average Bonchev–Trinajstić information content (AvgIpc) is 1.94. The second-order valence-electron chi connectivity index (χ2n) is 2.95. The molecule has 0 radical (unpaired) electrons. The maximum absolute atomic E-state index is 10.7. The Hall–Kier alpha value is 0.566. The molecule has 0 atom stereocenters. The number of rotatable bonds is 1.